The summed E-state index contributed by atoms with van der Waals surface area (Å²) in [7, 11) is 0. The molecule has 0 unspecified atom stereocenters. The van der Waals surface area contributed by atoms with Gasteiger partial charge >= 0.3 is 0 Å². The second kappa shape index (κ2) is 4.69. The largest absolute Gasteiger partial charge is 0.299 e. The number of carbonyl (C=O) groups excluding carboxylic acids is 1. The zero-order valence-electron chi connectivity index (χ0n) is 7.95. The molecule has 0 atom stereocenters. The lowest BCUT2D eigenvalue weighted by atomic mass is 10.0. The summed E-state index contributed by atoms with van der Waals surface area (Å²) in [5, 5.41) is 13.4. The van der Waals surface area contributed by atoms with E-state index in [1.807, 2.05) is 13.8 Å². The maximum atomic E-state index is 11.2. The van der Waals surface area contributed by atoms with E-state index in [0.717, 1.165) is 12.8 Å². The zero-order valence-corrected chi connectivity index (χ0v) is 7.95. The standard InChI is InChI=1S/C8H14N4O/c1-6(2)7(13)4-3-5-8-9-11-12-10-8/h6H,3-5H2,1-2H3,(H,9,10,11,12). The van der Waals surface area contributed by atoms with Crippen molar-refractivity contribution in [2.75, 3.05) is 0 Å². The minimum Gasteiger partial charge on any atom is -0.299 e. The summed E-state index contributed by atoms with van der Waals surface area (Å²) in [5.41, 5.74) is 0. The highest BCUT2D eigenvalue weighted by Crippen LogP contribution is 2.04. The summed E-state index contributed by atoms with van der Waals surface area (Å²) in [5.74, 6) is 1.10. The lowest BCUT2D eigenvalue weighted by Gasteiger charge is -2.01. The number of carbonyl (C=O) groups is 1. The maximum Gasteiger partial charge on any atom is 0.174 e. The van der Waals surface area contributed by atoms with Crippen LogP contribution in [0.1, 0.15) is 32.5 Å². The van der Waals surface area contributed by atoms with E-state index in [1.165, 1.54) is 0 Å². The Morgan fingerprint density at radius 3 is 2.85 bits per heavy atom. The van der Waals surface area contributed by atoms with Crippen molar-refractivity contribution in [2.45, 2.75) is 33.1 Å². The summed E-state index contributed by atoms with van der Waals surface area (Å²) in [6.45, 7) is 3.83. The molecule has 0 amide bonds. The lowest BCUT2D eigenvalue weighted by molar-refractivity contribution is -0.121. The number of aryl methyl sites for hydroxylation is 1. The van der Waals surface area contributed by atoms with Crippen LogP contribution in [0.3, 0.4) is 0 Å². The predicted octanol–water partition coefficient (Wildman–Crippen LogP) is 0.747. The van der Waals surface area contributed by atoms with Crippen molar-refractivity contribution in [1.29, 1.82) is 0 Å². The van der Waals surface area contributed by atoms with Gasteiger partial charge in [-0.3, -0.25) is 4.79 Å². The molecule has 0 aliphatic heterocycles. The number of nitrogens with zero attached hydrogens (tertiary/aromatic N) is 3. The fraction of sp³-hybridized carbons (Fsp3) is 0.750. The predicted molar refractivity (Wildman–Crippen MR) is 47.0 cm³/mol. The Balaban J connectivity index is 2.18. The van der Waals surface area contributed by atoms with Gasteiger partial charge in [-0.1, -0.05) is 19.1 Å². The molecule has 0 aromatic carbocycles. The average molecular weight is 182 g/mol. The number of nitrogens with one attached hydrogen (secondary N) is 1. The summed E-state index contributed by atoms with van der Waals surface area (Å²) < 4.78 is 0. The number of tetrazole rings is 1. The van der Waals surface area contributed by atoms with E-state index >= 15 is 0 Å². The van der Waals surface area contributed by atoms with Crippen LogP contribution in [0.4, 0.5) is 0 Å². The van der Waals surface area contributed by atoms with Crippen LogP contribution in [-0.2, 0) is 11.2 Å². The summed E-state index contributed by atoms with van der Waals surface area (Å²) in [4.78, 5) is 11.2. The molecule has 0 saturated carbocycles. The first-order chi connectivity index (χ1) is 6.20. The first-order valence-electron chi connectivity index (χ1n) is 4.45. The van der Waals surface area contributed by atoms with Gasteiger partial charge in [0.05, 0.1) is 0 Å². The van der Waals surface area contributed by atoms with Crippen molar-refractivity contribution in [3.8, 4) is 0 Å². The van der Waals surface area contributed by atoms with Gasteiger partial charge in [-0.25, -0.2) is 0 Å². The molecule has 13 heavy (non-hydrogen) atoms. The summed E-state index contributed by atoms with van der Waals surface area (Å²) in [6.07, 6.45) is 2.12. The van der Waals surface area contributed by atoms with Gasteiger partial charge in [-0.05, 0) is 6.42 Å². The van der Waals surface area contributed by atoms with Crippen LogP contribution in [-0.4, -0.2) is 26.4 Å². The van der Waals surface area contributed by atoms with Crippen LogP contribution in [0.15, 0.2) is 0 Å². The first-order valence-corrected chi connectivity index (χ1v) is 4.45. The van der Waals surface area contributed by atoms with Gasteiger partial charge < -0.3 is 0 Å². The molecule has 1 aromatic heterocycles. The fourth-order valence-corrected chi connectivity index (χ4v) is 0.998. The first kappa shape index (κ1) is 9.83. The number of aromatic nitrogens is 4. The molecule has 0 bridgehead atoms. The quantitative estimate of drug-likeness (QED) is 0.729. The zero-order chi connectivity index (χ0) is 9.68. The van der Waals surface area contributed by atoms with Gasteiger partial charge in [0.2, 0.25) is 0 Å². The van der Waals surface area contributed by atoms with E-state index in [4.69, 9.17) is 0 Å². The summed E-state index contributed by atoms with van der Waals surface area (Å²) in [6, 6.07) is 0. The smallest absolute Gasteiger partial charge is 0.174 e. The molecule has 0 saturated heterocycles. The number of Topliss-reactive ketones (excluding diaryl/α,β-unsaturated/α-hetero) is 1. The Morgan fingerprint density at radius 2 is 2.31 bits per heavy atom. The molecule has 1 N–H and O–H groups in total. The molecule has 0 aliphatic carbocycles. The van der Waals surface area contributed by atoms with E-state index in [1.54, 1.807) is 0 Å². The highest BCUT2D eigenvalue weighted by atomic mass is 16.1. The minimum atomic E-state index is 0.130. The lowest BCUT2D eigenvalue weighted by Crippen LogP contribution is -2.07. The molecular formula is C8H14N4O. The minimum absolute atomic E-state index is 0.130. The van der Waals surface area contributed by atoms with Gasteiger partial charge in [0.15, 0.2) is 5.82 Å². The molecule has 1 aromatic rings. The Hall–Kier alpha value is -1.26. The summed E-state index contributed by atoms with van der Waals surface area (Å²) >= 11 is 0. The average Bonchev–Trinajstić information content (AvgIpc) is 2.56. The van der Waals surface area contributed by atoms with Crippen LogP contribution in [0.25, 0.3) is 0 Å². The molecule has 1 rings (SSSR count). The van der Waals surface area contributed by atoms with Crippen molar-refractivity contribution < 1.29 is 4.79 Å². The van der Waals surface area contributed by atoms with Gasteiger partial charge in [-0.2, -0.15) is 5.21 Å². The fourth-order valence-electron chi connectivity index (χ4n) is 0.998. The Morgan fingerprint density at radius 1 is 1.54 bits per heavy atom. The van der Waals surface area contributed by atoms with E-state index in [-0.39, 0.29) is 5.92 Å². The molecule has 0 radical (unpaired) electrons. The van der Waals surface area contributed by atoms with Crippen molar-refractivity contribution >= 4 is 5.78 Å². The second-order valence-electron chi connectivity index (χ2n) is 3.30. The monoisotopic (exact) mass is 182 g/mol. The van der Waals surface area contributed by atoms with Gasteiger partial charge in [-0.15, -0.1) is 10.2 Å². The van der Waals surface area contributed by atoms with E-state index < -0.39 is 0 Å². The highest BCUT2D eigenvalue weighted by molar-refractivity contribution is 5.80. The molecule has 5 heteroatoms. The third-order valence-electron chi connectivity index (χ3n) is 1.86. The van der Waals surface area contributed by atoms with E-state index in [0.29, 0.717) is 18.0 Å². The Labute approximate surface area is 76.9 Å². The van der Waals surface area contributed by atoms with Crippen LogP contribution in [0.5, 0.6) is 0 Å². The number of H-pyrrole nitrogens is 1. The molecule has 72 valence electrons. The number of aromatic amines is 1. The van der Waals surface area contributed by atoms with Crippen molar-refractivity contribution in [3.05, 3.63) is 5.82 Å². The maximum absolute atomic E-state index is 11.2. The number of ketones is 1. The number of rotatable bonds is 5. The number of hydrogen-bond donors (Lipinski definition) is 1. The van der Waals surface area contributed by atoms with Crippen LogP contribution < -0.4 is 0 Å². The van der Waals surface area contributed by atoms with Gasteiger partial charge in [0.1, 0.15) is 5.78 Å². The highest BCUT2D eigenvalue weighted by Gasteiger charge is 2.07. The van der Waals surface area contributed by atoms with Crippen LogP contribution >= 0.6 is 0 Å². The van der Waals surface area contributed by atoms with Crippen LogP contribution in [0, 0.1) is 5.92 Å². The molecule has 0 fully saturated rings. The third kappa shape index (κ3) is 3.31. The van der Waals surface area contributed by atoms with Gasteiger partial charge in [0.25, 0.3) is 0 Å². The normalized spacial score (nSPS) is 10.7. The topological polar surface area (TPSA) is 71.5 Å². The van der Waals surface area contributed by atoms with Crippen molar-refractivity contribution in [1.82, 2.24) is 20.6 Å². The van der Waals surface area contributed by atoms with Crippen LogP contribution in [0.2, 0.25) is 0 Å². The molecule has 5 nitrogen and oxygen atoms in total. The SMILES string of the molecule is CC(C)C(=O)CCCc1nn[nH]n1. The molecule has 1 heterocycles. The Bertz CT molecular complexity index is 255. The van der Waals surface area contributed by atoms with E-state index in [9.17, 15) is 4.79 Å². The van der Waals surface area contributed by atoms with Gasteiger partial charge in [0, 0.05) is 18.8 Å². The number of hydrogen-bond acceptors (Lipinski definition) is 4. The molecular weight excluding hydrogens is 168 g/mol. The third-order valence-corrected chi connectivity index (χ3v) is 1.86. The van der Waals surface area contributed by atoms with Crippen molar-refractivity contribution in [2.24, 2.45) is 5.92 Å². The molecule has 0 aliphatic rings. The Kier molecular flexibility index (Phi) is 3.54. The second-order valence-corrected chi connectivity index (χ2v) is 3.30. The molecule has 0 spiro atoms. The van der Waals surface area contributed by atoms with Crippen molar-refractivity contribution in [3.63, 3.8) is 0 Å². The van der Waals surface area contributed by atoms with E-state index in [2.05, 4.69) is 20.6 Å².